The number of aromatic nitrogens is 2. The smallest absolute Gasteiger partial charge is 0.194 e. The average Bonchev–Trinajstić information content (AvgIpc) is 2.45. The molecule has 112 valence electrons. The minimum atomic E-state index is -1.47. The van der Waals surface area contributed by atoms with Crippen molar-refractivity contribution in [1.82, 2.24) is 9.97 Å². The number of nitrogens with zero attached hydrogens (tertiary/aromatic N) is 2. The van der Waals surface area contributed by atoms with E-state index in [4.69, 9.17) is 11.6 Å². The molecule has 21 heavy (non-hydrogen) atoms. The molecule has 0 aliphatic carbocycles. The lowest BCUT2D eigenvalue weighted by Gasteiger charge is -2.11. The van der Waals surface area contributed by atoms with Gasteiger partial charge in [-0.05, 0) is 24.1 Å². The Labute approximate surface area is 124 Å². The van der Waals surface area contributed by atoms with Crippen LogP contribution >= 0.6 is 11.6 Å². The first kappa shape index (κ1) is 15.4. The van der Waals surface area contributed by atoms with Crippen LogP contribution in [0.3, 0.4) is 0 Å². The highest BCUT2D eigenvalue weighted by molar-refractivity contribution is 6.32. The lowest BCUT2D eigenvalue weighted by Crippen LogP contribution is -2.10. The van der Waals surface area contributed by atoms with E-state index in [1.807, 2.05) is 0 Å². The molecule has 0 saturated heterocycles. The van der Waals surface area contributed by atoms with Gasteiger partial charge in [-0.3, -0.25) is 0 Å². The van der Waals surface area contributed by atoms with Crippen molar-refractivity contribution in [3.63, 3.8) is 0 Å². The van der Waals surface area contributed by atoms with Crippen LogP contribution in [0.1, 0.15) is 5.56 Å². The fraction of sp³-hybridized carbons (Fsp3) is 0.231. The maximum absolute atomic E-state index is 13.1. The van der Waals surface area contributed by atoms with Gasteiger partial charge in [0.15, 0.2) is 28.4 Å². The van der Waals surface area contributed by atoms with Gasteiger partial charge in [0.1, 0.15) is 12.0 Å². The molecular formula is C13H12ClF3N4. The van der Waals surface area contributed by atoms with Crippen LogP contribution < -0.4 is 10.6 Å². The van der Waals surface area contributed by atoms with Crippen molar-refractivity contribution in [2.24, 2.45) is 0 Å². The number of benzene rings is 1. The van der Waals surface area contributed by atoms with Crippen LogP contribution in [0.4, 0.5) is 24.7 Å². The summed E-state index contributed by atoms with van der Waals surface area (Å²) in [6.45, 7) is 0.340. The van der Waals surface area contributed by atoms with Crippen LogP contribution in [0, 0.1) is 17.5 Å². The molecule has 2 N–H and O–H groups in total. The van der Waals surface area contributed by atoms with Crippen molar-refractivity contribution in [2.75, 3.05) is 24.2 Å². The highest BCUT2D eigenvalue weighted by atomic mass is 35.5. The quantitative estimate of drug-likeness (QED) is 0.657. The molecule has 0 radical (unpaired) electrons. The predicted molar refractivity (Wildman–Crippen MR) is 75.1 cm³/mol. The first-order valence-corrected chi connectivity index (χ1v) is 6.46. The molecule has 0 atom stereocenters. The molecule has 1 aromatic carbocycles. The van der Waals surface area contributed by atoms with E-state index in [2.05, 4.69) is 20.6 Å². The van der Waals surface area contributed by atoms with Crippen molar-refractivity contribution in [3.8, 4) is 0 Å². The third-order valence-corrected chi connectivity index (χ3v) is 3.09. The van der Waals surface area contributed by atoms with Crippen molar-refractivity contribution >= 4 is 23.1 Å². The summed E-state index contributed by atoms with van der Waals surface area (Å²) in [6, 6.07) is 1.93. The van der Waals surface area contributed by atoms with Gasteiger partial charge in [-0.2, -0.15) is 0 Å². The number of anilines is 2. The van der Waals surface area contributed by atoms with Gasteiger partial charge in [-0.1, -0.05) is 11.6 Å². The van der Waals surface area contributed by atoms with Crippen molar-refractivity contribution in [2.45, 2.75) is 6.42 Å². The molecule has 0 bridgehead atoms. The van der Waals surface area contributed by atoms with Gasteiger partial charge in [-0.15, -0.1) is 0 Å². The summed E-state index contributed by atoms with van der Waals surface area (Å²) in [5.74, 6) is -3.40. The zero-order valence-electron chi connectivity index (χ0n) is 11.1. The molecule has 0 amide bonds. The van der Waals surface area contributed by atoms with Gasteiger partial charge in [0.25, 0.3) is 0 Å². The lowest BCUT2D eigenvalue weighted by molar-refractivity contribution is 0.445. The summed E-state index contributed by atoms with van der Waals surface area (Å²) >= 11 is 5.89. The SMILES string of the molecule is CNc1c(Cl)ncnc1NCCc1cc(F)c(F)c(F)c1. The number of nitrogens with one attached hydrogen (secondary N) is 2. The summed E-state index contributed by atoms with van der Waals surface area (Å²) in [5, 5.41) is 6.08. The summed E-state index contributed by atoms with van der Waals surface area (Å²) in [5.41, 5.74) is 0.862. The molecule has 0 aliphatic heterocycles. The molecule has 0 aliphatic rings. The molecule has 2 rings (SSSR count). The third kappa shape index (κ3) is 3.55. The van der Waals surface area contributed by atoms with Crippen molar-refractivity contribution in [1.29, 1.82) is 0 Å². The summed E-state index contributed by atoms with van der Waals surface area (Å²) in [6.07, 6.45) is 1.58. The standard InChI is InChI=1S/C13H12ClF3N4/c1-18-11-12(14)20-6-21-13(11)19-3-2-7-4-8(15)10(17)9(16)5-7/h4-6,18H,2-3H2,1H3,(H,19,20,21). The van der Waals surface area contributed by atoms with Gasteiger partial charge in [0, 0.05) is 13.6 Å². The largest absolute Gasteiger partial charge is 0.383 e. The monoisotopic (exact) mass is 316 g/mol. The average molecular weight is 317 g/mol. The highest BCUT2D eigenvalue weighted by Crippen LogP contribution is 2.25. The van der Waals surface area contributed by atoms with Gasteiger partial charge in [0.05, 0.1) is 0 Å². The molecule has 2 aromatic rings. The van der Waals surface area contributed by atoms with E-state index in [-0.39, 0.29) is 5.15 Å². The Morgan fingerprint density at radius 3 is 2.43 bits per heavy atom. The maximum Gasteiger partial charge on any atom is 0.194 e. The molecule has 0 fully saturated rings. The zero-order valence-corrected chi connectivity index (χ0v) is 11.8. The van der Waals surface area contributed by atoms with Crippen LogP contribution in [-0.4, -0.2) is 23.6 Å². The van der Waals surface area contributed by atoms with Gasteiger partial charge < -0.3 is 10.6 Å². The lowest BCUT2D eigenvalue weighted by atomic mass is 10.1. The second-order valence-electron chi connectivity index (χ2n) is 4.19. The Morgan fingerprint density at radius 2 is 1.81 bits per heavy atom. The normalized spacial score (nSPS) is 10.5. The molecule has 0 spiro atoms. The van der Waals surface area contributed by atoms with Crippen molar-refractivity contribution in [3.05, 3.63) is 46.6 Å². The molecule has 0 saturated carbocycles. The topological polar surface area (TPSA) is 49.8 Å². The summed E-state index contributed by atoms with van der Waals surface area (Å²) < 4.78 is 39.0. The second-order valence-corrected chi connectivity index (χ2v) is 4.55. The van der Waals surface area contributed by atoms with Crippen LogP contribution in [0.2, 0.25) is 5.15 Å². The zero-order chi connectivity index (χ0) is 15.4. The fourth-order valence-electron chi connectivity index (χ4n) is 1.80. The number of hydrogen-bond acceptors (Lipinski definition) is 4. The Morgan fingerprint density at radius 1 is 1.14 bits per heavy atom. The maximum atomic E-state index is 13.1. The van der Waals surface area contributed by atoms with E-state index < -0.39 is 17.5 Å². The fourth-order valence-corrected chi connectivity index (χ4v) is 2.02. The Balaban J connectivity index is 2.04. The first-order chi connectivity index (χ1) is 10.0. The van der Waals surface area contributed by atoms with E-state index in [1.165, 1.54) is 6.33 Å². The molecule has 1 heterocycles. The van der Waals surface area contributed by atoms with Crippen LogP contribution in [0.5, 0.6) is 0 Å². The minimum Gasteiger partial charge on any atom is -0.383 e. The van der Waals surface area contributed by atoms with E-state index in [0.29, 0.717) is 30.0 Å². The number of hydrogen-bond donors (Lipinski definition) is 2. The highest BCUT2D eigenvalue weighted by Gasteiger charge is 2.11. The van der Waals surface area contributed by atoms with Crippen molar-refractivity contribution < 1.29 is 13.2 Å². The molecule has 4 nitrogen and oxygen atoms in total. The summed E-state index contributed by atoms with van der Waals surface area (Å²) in [7, 11) is 1.67. The molecule has 1 aromatic heterocycles. The number of rotatable bonds is 5. The van der Waals surface area contributed by atoms with E-state index >= 15 is 0 Å². The Hall–Kier alpha value is -2.02. The predicted octanol–water partition coefficient (Wildman–Crippen LogP) is 3.24. The third-order valence-electron chi connectivity index (χ3n) is 2.80. The molecule has 8 heteroatoms. The Kier molecular flexibility index (Phi) is 4.85. The number of halogens is 4. The minimum absolute atomic E-state index is 0.258. The second kappa shape index (κ2) is 6.62. The van der Waals surface area contributed by atoms with Gasteiger partial charge in [0.2, 0.25) is 0 Å². The van der Waals surface area contributed by atoms with Gasteiger partial charge in [-0.25, -0.2) is 23.1 Å². The van der Waals surface area contributed by atoms with E-state index in [9.17, 15) is 13.2 Å². The first-order valence-electron chi connectivity index (χ1n) is 6.08. The van der Waals surface area contributed by atoms with Crippen LogP contribution in [-0.2, 0) is 6.42 Å². The van der Waals surface area contributed by atoms with E-state index in [0.717, 1.165) is 12.1 Å². The van der Waals surface area contributed by atoms with Crippen LogP contribution in [0.25, 0.3) is 0 Å². The molecule has 0 unspecified atom stereocenters. The molecular weight excluding hydrogens is 305 g/mol. The van der Waals surface area contributed by atoms with Crippen LogP contribution in [0.15, 0.2) is 18.5 Å². The van der Waals surface area contributed by atoms with E-state index in [1.54, 1.807) is 7.05 Å². The van der Waals surface area contributed by atoms with Gasteiger partial charge >= 0.3 is 0 Å². The summed E-state index contributed by atoms with van der Waals surface area (Å²) in [4.78, 5) is 7.83. The Bertz CT molecular complexity index is 628.